The Bertz CT molecular complexity index is 620. The molecule has 21 heavy (non-hydrogen) atoms. The van der Waals surface area contributed by atoms with Crippen LogP contribution >= 0.6 is 0 Å². The predicted octanol–water partition coefficient (Wildman–Crippen LogP) is 1.94. The number of nitriles is 1. The Hall–Kier alpha value is -2.68. The summed E-state index contributed by atoms with van der Waals surface area (Å²) >= 11 is 0. The molecule has 0 unspecified atom stereocenters. The van der Waals surface area contributed by atoms with Crippen molar-refractivity contribution in [3.05, 3.63) is 42.0 Å². The highest BCUT2D eigenvalue weighted by Gasteiger charge is 2.11. The quantitative estimate of drug-likeness (QED) is 0.870. The number of nitrogens with zero attached hydrogens (tertiary/aromatic N) is 5. The van der Waals surface area contributed by atoms with Crippen molar-refractivity contribution < 1.29 is 0 Å². The molecule has 0 spiro atoms. The number of aromatic nitrogens is 3. The molecule has 0 aliphatic carbocycles. The van der Waals surface area contributed by atoms with E-state index in [9.17, 15) is 0 Å². The maximum atomic E-state index is 8.84. The van der Waals surface area contributed by atoms with Gasteiger partial charge in [0.05, 0.1) is 12.5 Å². The van der Waals surface area contributed by atoms with Crippen molar-refractivity contribution >= 4 is 11.6 Å². The average Bonchev–Trinajstić information content (AvgIpc) is 2.51. The van der Waals surface area contributed by atoms with Gasteiger partial charge in [-0.1, -0.05) is 13.0 Å². The van der Waals surface area contributed by atoms with Gasteiger partial charge in [0.25, 0.3) is 0 Å². The lowest BCUT2D eigenvalue weighted by molar-refractivity contribution is 0.769. The molecule has 0 saturated carbocycles. The topological polar surface area (TPSA) is 91.7 Å². The van der Waals surface area contributed by atoms with Gasteiger partial charge in [0, 0.05) is 38.0 Å². The van der Waals surface area contributed by atoms with Crippen LogP contribution < -0.4 is 10.6 Å². The molecule has 2 heterocycles. The van der Waals surface area contributed by atoms with Crippen LogP contribution in [-0.2, 0) is 13.0 Å². The molecule has 0 fully saturated rings. The van der Waals surface area contributed by atoms with E-state index < -0.39 is 0 Å². The minimum absolute atomic E-state index is 0.422. The molecule has 0 aliphatic rings. The van der Waals surface area contributed by atoms with Crippen molar-refractivity contribution in [2.75, 3.05) is 17.2 Å². The van der Waals surface area contributed by atoms with Crippen LogP contribution in [0, 0.1) is 11.3 Å². The Labute approximate surface area is 124 Å². The van der Waals surface area contributed by atoms with E-state index in [4.69, 9.17) is 11.0 Å². The second kappa shape index (κ2) is 7.20. The molecule has 108 valence electrons. The van der Waals surface area contributed by atoms with Crippen molar-refractivity contribution in [2.45, 2.75) is 26.3 Å². The minimum atomic E-state index is 0.422. The summed E-state index contributed by atoms with van der Waals surface area (Å²) in [6, 6.07) is 7.80. The maximum absolute atomic E-state index is 8.84. The predicted molar refractivity (Wildman–Crippen MR) is 81.3 cm³/mol. The SMILES string of the molecule is CCc1nc(N)cc(N(CCC#N)Cc2cccnc2)n1. The lowest BCUT2D eigenvalue weighted by atomic mass is 10.2. The highest BCUT2D eigenvalue weighted by molar-refractivity contribution is 5.47. The normalized spacial score (nSPS) is 10.1. The third-order valence-electron chi connectivity index (χ3n) is 3.01. The summed E-state index contributed by atoms with van der Waals surface area (Å²) in [6.45, 7) is 3.21. The van der Waals surface area contributed by atoms with Gasteiger partial charge in [-0.05, 0) is 11.6 Å². The van der Waals surface area contributed by atoms with Crippen LogP contribution in [0.15, 0.2) is 30.6 Å². The van der Waals surface area contributed by atoms with E-state index in [0.717, 1.165) is 17.8 Å². The summed E-state index contributed by atoms with van der Waals surface area (Å²) in [7, 11) is 0. The number of pyridine rings is 1. The molecule has 0 aromatic carbocycles. The molecule has 2 rings (SSSR count). The minimum Gasteiger partial charge on any atom is -0.384 e. The van der Waals surface area contributed by atoms with Gasteiger partial charge in [0.15, 0.2) is 0 Å². The van der Waals surface area contributed by atoms with E-state index in [1.807, 2.05) is 30.2 Å². The molecule has 2 aromatic rings. The average molecular weight is 282 g/mol. The number of rotatable bonds is 6. The highest BCUT2D eigenvalue weighted by atomic mass is 15.2. The summed E-state index contributed by atoms with van der Waals surface area (Å²) in [4.78, 5) is 14.8. The highest BCUT2D eigenvalue weighted by Crippen LogP contribution is 2.17. The first-order chi connectivity index (χ1) is 10.2. The van der Waals surface area contributed by atoms with Crippen molar-refractivity contribution in [3.8, 4) is 6.07 Å². The molecular weight excluding hydrogens is 264 g/mol. The van der Waals surface area contributed by atoms with Crippen molar-refractivity contribution in [3.63, 3.8) is 0 Å². The fourth-order valence-corrected chi connectivity index (χ4v) is 1.99. The number of anilines is 2. The van der Waals surface area contributed by atoms with Gasteiger partial charge in [-0.2, -0.15) is 5.26 Å². The molecule has 0 bridgehead atoms. The Balaban J connectivity index is 2.27. The summed E-state index contributed by atoms with van der Waals surface area (Å²) < 4.78 is 0. The Kier molecular flexibility index (Phi) is 5.04. The summed E-state index contributed by atoms with van der Waals surface area (Å²) in [5.41, 5.74) is 6.90. The molecule has 0 aliphatic heterocycles. The molecule has 0 atom stereocenters. The molecule has 2 aromatic heterocycles. The monoisotopic (exact) mass is 282 g/mol. The summed E-state index contributed by atoms with van der Waals surface area (Å²) in [5, 5.41) is 8.84. The van der Waals surface area contributed by atoms with E-state index in [1.54, 1.807) is 12.3 Å². The van der Waals surface area contributed by atoms with Gasteiger partial charge in [-0.25, -0.2) is 9.97 Å². The van der Waals surface area contributed by atoms with Crippen LogP contribution in [0.2, 0.25) is 0 Å². The van der Waals surface area contributed by atoms with Gasteiger partial charge >= 0.3 is 0 Å². The zero-order chi connectivity index (χ0) is 15.1. The second-order valence-corrected chi connectivity index (χ2v) is 4.61. The van der Waals surface area contributed by atoms with Gasteiger partial charge in [-0.3, -0.25) is 4.98 Å². The third-order valence-corrected chi connectivity index (χ3v) is 3.01. The van der Waals surface area contributed by atoms with E-state index >= 15 is 0 Å². The van der Waals surface area contributed by atoms with Crippen LogP contribution in [0.4, 0.5) is 11.6 Å². The maximum Gasteiger partial charge on any atom is 0.134 e. The number of nitrogen functional groups attached to an aromatic ring is 1. The number of hydrogen-bond donors (Lipinski definition) is 1. The van der Waals surface area contributed by atoms with Crippen LogP contribution in [0.25, 0.3) is 0 Å². The third kappa shape index (κ3) is 4.14. The molecular formula is C15H18N6. The fourth-order valence-electron chi connectivity index (χ4n) is 1.99. The number of hydrogen-bond acceptors (Lipinski definition) is 6. The zero-order valence-corrected chi connectivity index (χ0v) is 12.0. The largest absolute Gasteiger partial charge is 0.384 e. The molecule has 0 radical (unpaired) electrons. The van der Waals surface area contributed by atoms with Crippen LogP contribution in [0.5, 0.6) is 0 Å². The Morgan fingerprint density at radius 2 is 2.24 bits per heavy atom. The van der Waals surface area contributed by atoms with Crippen LogP contribution in [0.1, 0.15) is 24.7 Å². The zero-order valence-electron chi connectivity index (χ0n) is 12.0. The second-order valence-electron chi connectivity index (χ2n) is 4.61. The summed E-state index contributed by atoms with van der Waals surface area (Å²) in [6.07, 6.45) is 4.69. The van der Waals surface area contributed by atoms with Gasteiger partial charge in [-0.15, -0.1) is 0 Å². The van der Waals surface area contributed by atoms with Crippen molar-refractivity contribution in [2.24, 2.45) is 0 Å². The first-order valence-electron chi connectivity index (χ1n) is 6.87. The van der Waals surface area contributed by atoms with Crippen molar-refractivity contribution in [1.82, 2.24) is 15.0 Å². The van der Waals surface area contributed by atoms with Gasteiger partial charge < -0.3 is 10.6 Å². The van der Waals surface area contributed by atoms with Gasteiger partial charge in [0.2, 0.25) is 0 Å². The summed E-state index contributed by atoms with van der Waals surface area (Å²) in [5.74, 6) is 1.90. The van der Waals surface area contributed by atoms with Crippen LogP contribution in [-0.4, -0.2) is 21.5 Å². The first kappa shape index (κ1) is 14.7. The fraction of sp³-hybridized carbons (Fsp3) is 0.333. The lowest BCUT2D eigenvalue weighted by Gasteiger charge is -2.23. The molecule has 0 saturated heterocycles. The molecule has 6 heteroatoms. The first-order valence-corrected chi connectivity index (χ1v) is 6.87. The molecule has 6 nitrogen and oxygen atoms in total. The van der Waals surface area contributed by atoms with Crippen LogP contribution in [0.3, 0.4) is 0 Å². The van der Waals surface area contributed by atoms with E-state index in [-0.39, 0.29) is 0 Å². The Morgan fingerprint density at radius 1 is 1.38 bits per heavy atom. The van der Waals surface area contributed by atoms with E-state index in [0.29, 0.717) is 31.2 Å². The van der Waals surface area contributed by atoms with Crippen molar-refractivity contribution in [1.29, 1.82) is 5.26 Å². The smallest absolute Gasteiger partial charge is 0.134 e. The Morgan fingerprint density at radius 3 is 2.90 bits per heavy atom. The lowest BCUT2D eigenvalue weighted by Crippen LogP contribution is -2.25. The van der Waals surface area contributed by atoms with E-state index in [1.165, 1.54) is 0 Å². The number of aryl methyl sites for hydroxylation is 1. The van der Waals surface area contributed by atoms with E-state index in [2.05, 4.69) is 21.0 Å². The number of nitrogens with two attached hydrogens (primary N) is 1. The molecule has 2 N–H and O–H groups in total. The van der Waals surface area contributed by atoms with Gasteiger partial charge in [0.1, 0.15) is 17.5 Å². The standard InChI is InChI=1S/C15H18N6/c1-2-14-19-13(17)9-15(20-14)21(8-4-6-16)11-12-5-3-7-18-10-12/h3,5,7,9-10H,2,4,8,11H2,1H3,(H2,17,19,20). The molecule has 0 amide bonds.